The molecule has 0 spiro atoms. The van der Waals surface area contributed by atoms with Crippen LogP contribution in [0.2, 0.25) is 0 Å². The third kappa shape index (κ3) is 3.00. The highest BCUT2D eigenvalue weighted by Crippen LogP contribution is 2.29. The Morgan fingerprint density at radius 2 is 2.14 bits per heavy atom. The number of rotatable bonds is 4. The molecule has 5 nitrogen and oxygen atoms in total. The average molecular weight is 306 g/mol. The van der Waals surface area contributed by atoms with E-state index in [1.165, 1.54) is 4.90 Å². The van der Waals surface area contributed by atoms with Crippen LogP contribution in [0.5, 0.6) is 5.75 Å². The molecule has 0 atom stereocenters. The molecule has 1 aliphatic rings. The van der Waals surface area contributed by atoms with Crippen LogP contribution >= 0.6 is 12.2 Å². The zero-order chi connectivity index (χ0) is 15.6. The molecule has 1 heterocycles. The highest BCUT2D eigenvalue weighted by molar-refractivity contribution is 7.80. The van der Waals surface area contributed by atoms with Crippen molar-refractivity contribution in [2.45, 2.75) is 6.92 Å². The van der Waals surface area contributed by atoms with Gasteiger partial charge >= 0.3 is 0 Å². The van der Waals surface area contributed by atoms with Crippen molar-refractivity contribution in [2.75, 3.05) is 32.6 Å². The Kier molecular flexibility index (Phi) is 4.47. The van der Waals surface area contributed by atoms with Crippen LogP contribution in [-0.2, 0) is 9.53 Å². The lowest BCUT2D eigenvalue weighted by molar-refractivity contribution is -0.122. The summed E-state index contributed by atoms with van der Waals surface area (Å²) in [4.78, 5) is 15.5. The van der Waals surface area contributed by atoms with E-state index in [-0.39, 0.29) is 16.8 Å². The molecule has 0 N–H and O–H groups in total. The van der Waals surface area contributed by atoms with Crippen molar-refractivity contribution in [3.05, 3.63) is 29.5 Å². The Hall–Kier alpha value is -2.08. The molecule has 1 aliphatic heterocycles. The number of carbonyl (C=O) groups excluding carboxylic acids is 1. The molecule has 1 saturated heterocycles. The van der Waals surface area contributed by atoms with Gasteiger partial charge in [-0.05, 0) is 42.9 Å². The normalized spacial score (nSPS) is 16.4. The fraction of sp³-hybridized carbons (Fsp3) is 0.333. The number of ether oxygens (including phenoxy) is 2. The van der Waals surface area contributed by atoms with Gasteiger partial charge in [0, 0.05) is 20.6 Å². The Morgan fingerprint density at radius 3 is 2.67 bits per heavy atom. The van der Waals surface area contributed by atoms with E-state index in [1.54, 1.807) is 13.2 Å². The van der Waals surface area contributed by atoms with E-state index >= 15 is 0 Å². The Balaban J connectivity index is 2.34. The quantitative estimate of drug-likeness (QED) is 0.630. The summed E-state index contributed by atoms with van der Waals surface area (Å²) in [5.74, 6) is 0.759. The maximum Gasteiger partial charge on any atom is 0.297 e. The molecule has 0 radical (unpaired) electrons. The molecule has 1 aromatic carbocycles. The number of benzene rings is 1. The van der Waals surface area contributed by atoms with E-state index in [0.29, 0.717) is 6.54 Å². The zero-order valence-electron chi connectivity index (χ0n) is 12.5. The molecule has 6 heteroatoms. The monoisotopic (exact) mass is 306 g/mol. The summed E-state index contributed by atoms with van der Waals surface area (Å²) in [6.45, 7) is 2.35. The van der Waals surface area contributed by atoms with Gasteiger partial charge in [0.15, 0.2) is 5.76 Å². The molecule has 1 fully saturated rings. The van der Waals surface area contributed by atoms with Crippen LogP contribution in [0.4, 0.5) is 5.69 Å². The molecule has 112 valence electrons. The zero-order valence-corrected chi connectivity index (χ0v) is 13.4. The number of likely N-dealkylation sites (N-methyl/N-ethyl adjacent to an activating group) is 1. The highest BCUT2D eigenvalue weighted by atomic mass is 32.1. The minimum Gasteiger partial charge on any atom is -0.495 e. The van der Waals surface area contributed by atoms with Crippen molar-refractivity contribution in [1.82, 2.24) is 4.90 Å². The van der Waals surface area contributed by atoms with Gasteiger partial charge in [0.25, 0.3) is 11.1 Å². The molecule has 0 bridgehead atoms. The van der Waals surface area contributed by atoms with Gasteiger partial charge in [-0.1, -0.05) is 6.07 Å². The van der Waals surface area contributed by atoms with Crippen molar-refractivity contribution >= 4 is 35.1 Å². The highest BCUT2D eigenvalue weighted by Gasteiger charge is 2.31. The van der Waals surface area contributed by atoms with E-state index in [4.69, 9.17) is 21.7 Å². The molecule has 0 unspecified atom stereocenters. The smallest absolute Gasteiger partial charge is 0.297 e. The van der Waals surface area contributed by atoms with E-state index in [0.717, 1.165) is 17.0 Å². The number of hydrogen-bond donors (Lipinski definition) is 0. The van der Waals surface area contributed by atoms with E-state index in [9.17, 15) is 4.79 Å². The average Bonchev–Trinajstić information content (AvgIpc) is 2.72. The van der Waals surface area contributed by atoms with Crippen LogP contribution in [0.3, 0.4) is 0 Å². The first-order valence-corrected chi connectivity index (χ1v) is 6.99. The van der Waals surface area contributed by atoms with Gasteiger partial charge in [-0.15, -0.1) is 0 Å². The van der Waals surface area contributed by atoms with E-state index in [2.05, 4.69) is 0 Å². The van der Waals surface area contributed by atoms with Crippen molar-refractivity contribution < 1.29 is 14.3 Å². The fourth-order valence-corrected chi connectivity index (χ4v) is 2.38. The minimum absolute atomic E-state index is 0.200. The second-order valence-corrected chi connectivity index (χ2v) is 5.10. The first-order valence-electron chi connectivity index (χ1n) is 6.58. The summed E-state index contributed by atoms with van der Waals surface area (Å²) < 4.78 is 10.7. The molecule has 21 heavy (non-hydrogen) atoms. The molecule has 2 rings (SSSR count). The number of carbonyl (C=O) groups is 1. The topological polar surface area (TPSA) is 42.0 Å². The van der Waals surface area contributed by atoms with Crippen molar-refractivity contribution in [3.63, 3.8) is 0 Å². The lowest BCUT2D eigenvalue weighted by Gasteiger charge is -2.16. The van der Waals surface area contributed by atoms with E-state index < -0.39 is 0 Å². The first-order chi connectivity index (χ1) is 9.97. The van der Waals surface area contributed by atoms with E-state index in [1.807, 2.05) is 44.1 Å². The lowest BCUT2D eigenvalue weighted by Crippen LogP contribution is -2.27. The van der Waals surface area contributed by atoms with Gasteiger partial charge in [0.2, 0.25) is 0 Å². The first kappa shape index (κ1) is 15.3. The van der Waals surface area contributed by atoms with Crippen LogP contribution in [0.1, 0.15) is 12.5 Å². The number of amides is 1. The number of nitrogens with zero attached hydrogens (tertiary/aromatic N) is 2. The SMILES string of the molecule is CCN1C(=O)C(=Cc2ccc(N(C)C)c(OC)c2)OC1=S. The Labute approximate surface area is 129 Å². The van der Waals surface area contributed by atoms with Crippen LogP contribution < -0.4 is 9.64 Å². The predicted molar refractivity (Wildman–Crippen MR) is 86.4 cm³/mol. The second kappa shape index (κ2) is 6.13. The lowest BCUT2D eigenvalue weighted by atomic mass is 10.1. The van der Waals surface area contributed by atoms with Gasteiger partial charge in [-0.25, -0.2) is 0 Å². The summed E-state index contributed by atoms with van der Waals surface area (Å²) in [7, 11) is 5.50. The van der Waals surface area contributed by atoms with Crippen LogP contribution in [0, 0.1) is 0 Å². The molecule has 1 aromatic rings. The van der Waals surface area contributed by atoms with Crippen LogP contribution in [0.15, 0.2) is 24.0 Å². The van der Waals surface area contributed by atoms with Gasteiger partial charge in [-0.3, -0.25) is 9.69 Å². The standard InChI is InChI=1S/C15H18N2O3S/c1-5-17-14(18)13(20-15(17)21)9-10-6-7-11(16(2)3)12(8-10)19-4/h6-9H,5H2,1-4H3. The number of thiocarbonyl (C=S) groups is 1. The number of anilines is 1. The molecule has 0 aliphatic carbocycles. The Morgan fingerprint density at radius 1 is 1.43 bits per heavy atom. The van der Waals surface area contributed by atoms with Crippen LogP contribution in [0.25, 0.3) is 6.08 Å². The maximum atomic E-state index is 12.1. The maximum absolute atomic E-state index is 12.1. The fourth-order valence-electron chi connectivity index (χ4n) is 2.08. The third-order valence-electron chi connectivity index (χ3n) is 3.17. The van der Waals surface area contributed by atoms with Gasteiger partial charge < -0.3 is 14.4 Å². The largest absolute Gasteiger partial charge is 0.495 e. The number of methoxy groups -OCH3 is 1. The third-order valence-corrected chi connectivity index (χ3v) is 3.48. The van der Waals surface area contributed by atoms with Crippen molar-refractivity contribution in [3.8, 4) is 5.75 Å². The molecular weight excluding hydrogens is 288 g/mol. The predicted octanol–water partition coefficient (Wildman–Crippen LogP) is 2.27. The summed E-state index contributed by atoms with van der Waals surface area (Å²) in [6.07, 6.45) is 1.67. The second-order valence-electron chi connectivity index (χ2n) is 4.75. The summed E-state index contributed by atoms with van der Waals surface area (Å²) in [5, 5.41) is 0.200. The van der Waals surface area contributed by atoms with Gasteiger partial charge in [-0.2, -0.15) is 0 Å². The Bertz CT molecular complexity index is 611. The molecular formula is C15H18N2O3S. The van der Waals surface area contributed by atoms with Crippen LogP contribution in [-0.4, -0.2) is 43.7 Å². The summed E-state index contributed by atoms with van der Waals surface area (Å²) in [5.41, 5.74) is 1.78. The van der Waals surface area contributed by atoms with Gasteiger partial charge in [0.1, 0.15) is 5.75 Å². The van der Waals surface area contributed by atoms with Crippen molar-refractivity contribution in [1.29, 1.82) is 0 Å². The number of hydrogen-bond acceptors (Lipinski definition) is 5. The molecule has 0 saturated carbocycles. The molecule has 0 aromatic heterocycles. The summed E-state index contributed by atoms with van der Waals surface area (Å²) >= 11 is 5.02. The summed E-state index contributed by atoms with van der Waals surface area (Å²) in [6, 6.07) is 5.69. The van der Waals surface area contributed by atoms with Gasteiger partial charge in [0.05, 0.1) is 12.8 Å². The molecule has 1 amide bonds. The minimum atomic E-state index is -0.210. The van der Waals surface area contributed by atoms with Crippen molar-refractivity contribution in [2.24, 2.45) is 0 Å².